The Balaban J connectivity index is 1.06. The van der Waals surface area contributed by atoms with E-state index >= 15 is 0 Å². The maximum atomic E-state index is 12.7. The van der Waals surface area contributed by atoms with Crippen molar-refractivity contribution in [3.8, 4) is 28.4 Å². The Hall–Kier alpha value is -5.42. The highest BCUT2D eigenvalue weighted by Crippen LogP contribution is 2.25. The molecule has 0 radical (unpaired) electrons. The van der Waals surface area contributed by atoms with Crippen molar-refractivity contribution >= 4 is 23.9 Å². The van der Waals surface area contributed by atoms with Crippen LogP contribution in [0.2, 0.25) is 0 Å². The average molecular weight is 729 g/mol. The molecule has 1 fully saturated rings. The number of hydrogen-bond donors (Lipinski definition) is 1. The maximum Gasteiger partial charge on any atom is 0.343 e. The van der Waals surface area contributed by atoms with Gasteiger partial charge in [0, 0.05) is 5.57 Å². The van der Waals surface area contributed by atoms with Crippen molar-refractivity contribution in [2.75, 3.05) is 33.0 Å². The van der Waals surface area contributed by atoms with Crippen LogP contribution in [0.5, 0.6) is 17.2 Å². The first-order valence-electron chi connectivity index (χ1n) is 18.0. The number of unbranched alkanes of at least 4 members (excludes halogenated alkanes) is 3. The molecule has 11 heteroatoms. The Labute approximate surface area is 310 Å². The van der Waals surface area contributed by atoms with Crippen molar-refractivity contribution < 1.29 is 52.7 Å². The van der Waals surface area contributed by atoms with Crippen LogP contribution in [0.4, 0.5) is 0 Å². The van der Waals surface area contributed by atoms with Crippen LogP contribution in [0.3, 0.4) is 0 Å². The Morgan fingerprint density at radius 3 is 1.77 bits per heavy atom. The van der Waals surface area contributed by atoms with E-state index in [1.165, 1.54) is 6.42 Å². The Kier molecular flexibility index (Phi) is 16.6. The first kappa shape index (κ1) is 40.4. The highest BCUT2D eigenvalue weighted by molar-refractivity contribution is 5.93. The third-order valence-corrected chi connectivity index (χ3v) is 8.44. The van der Waals surface area contributed by atoms with Gasteiger partial charge in [-0.3, -0.25) is 4.79 Å². The van der Waals surface area contributed by atoms with E-state index < -0.39 is 30.5 Å². The molecule has 0 saturated heterocycles. The lowest BCUT2D eigenvalue weighted by molar-refractivity contribution is -0.151. The second-order valence-corrected chi connectivity index (χ2v) is 12.6. The Morgan fingerprint density at radius 2 is 1.13 bits per heavy atom. The van der Waals surface area contributed by atoms with Gasteiger partial charge in [0.15, 0.2) is 0 Å². The molecule has 3 aromatic rings. The van der Waals surface area contributed by atoms with Gasteiger partial charge in [-0.25, -0.2) is 14.4 Å². The monoisotopic (exact) mass is 728 g/mol. The van der Waals surface area contributed by atoms with Crippen LogP contribution in [-0.4, -0.2) is 68.1 Å². The summed E-state index contributed by atoms with van der Waals surface area (Å²) < 4.78 is 32.6. The summed E-state index contributed by atoms with van der Waals surface area (Å²) >= 11 is 0. The van der Waals surface area contributed by atoms with E-state index in [4.69, 9.17) is 33.5 Å². The highest BCUT2D eigenvalue weighted by Gasteiger charge is 2.20. The molecular formula is C42H48O11. The SMILES string of the molecule is C=C(CO)C(=O)OCCOc1ccc(-c2ccc(C(=O)Oc3ccc(OCCCCCCOC(=O)C(=C)CC(=O)OC4CCCCC4)cc3)cc2)cc1. The van der Waals surface area contributed by atoms with E-state index in [-0.39, 0.29) is 43.5 Å². The molecule has 0 aliphatic heterocycles. The summed E-state index contributed by atoms with van der Waals surface area (Å²) in [6.45, 7) is 7.60. The zero-order valence-corrected chi connectivity index (χ0v) is 30.1. The number of aliphatic hydroxyl groups excluding tert-OH is 1. The van der Waals surface area contributed by atoms with Gasteiger partial charge in [-0.05, 0) is 111 Å². The molecule has 1 saturated carbocycles. The molecule has 11 nitrogen and oxygen atoms in total. The minimum Gasteiger partial charge on any atom is -0.494 e. The first-order valence-corrected chi connectivity index (χ1v) is 18.0. The number of benzene rings is 3. The van der Waals surface area contributed by atoms with Gasteiger partial charge in [-0.2, -0.15) is 0 Å². The van der Waals surface area contributed by atoms with Gasteiger partial charge in [0.2, 0.25) is 0 Å². The smallest absolute Gasteiger partial charge is 0.343 e. The average Bonchev–Trinajstić information content (AvgIpc) is 3.18. The van der Waals surface area contributed by atoms with Gasteiger partial charge in [0.1, 0.15) is 36.6 Å². The zero-order valence-electron chi connectivity index (χ0n) is 30.1. The summed E-state index contributed by atoms with van der Waals surface area (Å²) in [7, 11) is 0. The maximum absolute atomic E-state index is 12.7. The number of esters is 4. The highest BCUT2D eigenvalue weighted by atomic mass is 16.6. The summed E-state index contributed by atoms with van der Waals surface area (Å²) in [6.07, 6.45) is 8.13. The fourth-order valence-electron chi connectivity index (χ4n) is 5.44. The van der Waals surface area contributed by atoms with Crippen molar-refractivity contribution in [3.05, 3.63) is 103 Å². The van der Waals surface area contributed by atoms with E-state index in [1.807, 2.05) is 24.3 Å². The number of carbonyl (C=O) groups is 4. The van der Waals surface area contributed by atoms with Gasteiger partial charge >= 0.3 is 23.9 Å². The van der Waals surface area contributed by atoms with Gasteiger partial charge in [0.25, 0.3) is 0 Å². The molecule has 3 aromatic carbocycles. The van der Waals surface area contributed by atoms with E-state index in [0.717, 1.165) is 56.1 Å². The van der Waals surface area contributed by atoms with Crippen molar-refractivity contribution in [1.82, 2.24) is 0 Å². The number of ether oxygens (including phenoxy) is 6. The lowest BCUT2D eigenvalue weighted by Gasteiger charge is -2.21. The second-order valence-electron chi connectivity index (χ2n) is 12.6. The van der Waals surface area contributed by atoms with Gasteiger partial charge in [0.05, 0.1) is 37.4 Å². The lowest BCUT2D eigenvalue weighted by atomic mass is 9.98. The largest absolute Gasteiger partial charge is 0.494 e. The van der Waals surface area contributed by atoms with Gasteiger partial charge in [-0.1, -0.05) is 43.8 Å². The van der Waals surface area contributed by atoms with E-state index in [2.05, 4.69) is 13.2 Å². The minimum atomic E-state index is -0.659. The summed E-state index contributed by atoms with van der Waals surface area (Å²) in [6, 6.07) is 21.3. The predicted molar refractivity (Wildman–Crippen MR) is 198 cm³/mol. The number of carbonyl (C=O) groups excluding carboxylic acids is 4. The van der Waals surface area contributed by atoms with Crippen LogP contribution in [0.25, 0.3) is 11.1 Å². The number of rotatable bonds is 21. The molecule has 53 heavy (non-hydrogen) atoms. The molecule has 0 unspecified atom stereocenters. The molecule has 0 atom stereocenters. The molecule has 1 aliphatic carbocycles. The number of hydrogen-bond acceptors (Lipinski definition) is 11. The fourth-order valence-corrected chi connectivity index (χ4v) is 5.44. The van der Waals surface area contributed by atoms with Gasteiger partial charge < -0.3 is 33.5 Å². The standard InChI is InChI=1S/C42H48O11/c1-30(28-39(44)52-37-10-6-5-7-11-37)40(45)50-25-9-4-3-8-24-48-36-20-22-38(23-21-36)53-42(47)34-14-12-32(13-15-34)33-16-18-35(19-17-33)49-26-27-51-41(46)31(2)29-43/h12-23,37,43H,1-11,24-29H2. The number of aliphatic hydroxyl groups is 1. The van der Waals surface area contributed by atoms with Crippen LogP contribution >= 0.6 is 0 Å². The van der Waals surface area contributed by atoms with Crippen molar-refractivity contribution in [2.24, 2.45) is 0 Å². The lowest BCUT2D eigenvalue weighted by Crippen LogP contribution is -2.22. The molecule has 282 valence electrons. The zero-order chi connectivity index (χ0) is 37.8. The summed E-state index contributed by atoms with van der Waals surface area (Å²) in [5.41, 5.74) is 2.33. The normalized spacial score (nSPS) is 12.6. The quantitative estimate of drug-likeness (QED) is 0.0387. The van der Waals surface area contributed by atoms with Crippen molar-refractivity contribution in [2.45, 2.75) is 70.3 Å². The molecule has 0 amide bonds. The first-order chi connectivity index (χ1) is 25.7. The van der Waals surface area contributed by atoms with E-state index in [9.17, 15) is 19.2 Å². The summed E-state index contributed by atoms with van der Waals surface area (Å²) in [5.74, 6) is -0.464. The van der Waals surface area contributed by atoms with E-state index in [1.54, 1.807) is 48.5 Å². The molecule has 0 heterocycles. The molecule has 1 N–H and O–H groups in total. The summed E-state index contributed by atoms with van der Waals surface area (Å²) in [5, 5.41) is 8.89. The van der Waals surface area contributed by atoms with Crippen molar-refractivity contribution in [3.63, 3.8) is 0 Å². The Morgan fingerprint density at radius 1 is 0.604 bits per heavy atom. The Bertz CT molecular complexity index is 1650. The van der Waals surface area contributed by atoms with Crippen LogP contribution in [0, 0.1) is 0 Å². The molecule has 1 aliphatic rings. The fraction of sp³-hybridized carbons (Fsp3) is 0.381. The predicted octanol–water partition coefficient (Wildman–Crippen LogP) is 7.35. The van der Waals surface area contributed by atoms with Crippen LogP contribution in [-0.2, 0) is 28.6 Å². The van der Waals surface area contributed by atoms with Crippen LogP contribution in [0.1, 0.15) is 74.6 Å². The minimum absolute atomic E-state index is 0.0133. The summed E-state index contributed by atoms with van der Waals surface area (Å²) in [4.78, 5) is 48.5. The third-order valence-electron chi connectivity index (χ3n) is 8.44. The molecular weight excluding hydrogens is 680 g/mol. The molecule has 0 bridgehead atoms. The van der Waals surface area contributed by atoms with E-state index in [0.29, 0.717) is 35.8 Å². The van der Waals surface area contributed by atoms with Crippen LogP contribution < -0.4 is 14.2 Å². The molecule has 0 spiro atoms. The third kappa shape index (κ3) is 14.3. The topological polar surface area (TPSA) is 144 Å². The van der Waals surface area contributed by atoms with Crippen LogP contribution in [0.15, 0.2) is 97.1 Å². The van der Waals surface area contributed by atoms with Crippen molar-refractivity contribution in [1.29, 1.82) is 0 Å². The molecule has 0 aromatic heterocycles. The molecule has 4 rings (SSSR count). The van der Waals surface area contributed by atoms with Gasteiger partial charge in [-0.15, -0.1) is 0 Å². The second kappa shape index (κ2) is 21.8.